The highest BCUT2D eigenvalue weighted by Crippen LogP contribution is 2.32. The van der Waals surface area contributed by atoms with Crippen molar-refractivity contribution >= 4 is 35.3 Å². The largest absolute Gasteiger partial charge is 0.460 e. The number of fused-ring (bicyclic) bond motifs is 1. The summed E-state index contributed by atoms with van der Waals surface area (Å²) in [5.41, 5.74) is 0.893. The number of nitrogens with one attached hydrogen (secondary N) is 2. The fourth-order valence-corrected chi connectivity index (χ4v) is 5.48. The zero-order valence-corrected chi connectivity index (χ0v) is 34.4. The zero-order valence-electron chi connectivity index (χ0n) is 34.4. The molecule has 1 aromatic rings. The Morgan fingerprint density at radius 1 is 0.600 bits per heavy atom. The summed E-state index contributed by atoms with van der Waals surface area (Å²) in [4.78, 5) is 61.8. The molecule has 2 aliphatic heterocycles. The third-order valence-electron chi connectivity index (χ3n) is 8.39. The van der Waals surface area contributed by atoms with Crippen molar-refractivity contribution in [2.45, 2.75) is 18.9 Å². The smallest absolute Gasteiger partial charge is 0.330 e. The van der Waals surface area contributed by atoms with Crippen molar-refractivity contribution in [3.63, 3.8) is 0 Å². The van der Waals surface area contributed by atoms with Gasteiger partial charge in [-0.1, -0.05) is 12.6 Å². The van der Waals surface area contributed by atoms with E-state index < -0.39 is 35.6 Å². The molecule has 20 heteroatoms. The van der Waals surface area contributed by atoms with E-state index in [0.29, 0.717) is 158 Å². The van der Waals surface area contributed by atoms with Crippen molar-refractivity contribution in [3.8, 4) is 0 Å². The lowest BCUT2D eigenvalue weighted by molar-refractivity contribution is -0.139. The number of carbonyl (C=O) groups is 5. The average molecular weight is 856 g/mol. The molecular formula is C40H61N3O17. The van der Waals surface area contributed by atoms with Crippen LogP contribution in [0.2, 0.25) is 0 Å². The number of hydrogen-bond acceptors (Lipinski definition) is 18. The van der Waals surface area contributed by atoms with E-state index in [1.165, 1.54) is 0 Å². The van der Waals surface area contributed by atoms with Crippen LogP contribution in [0.25, 0.3) is 0 Å². The molecule has 2 heterocycles. The second-order valence-electron chi connectivity index (χ2n) is 12.7. The fourth-order valence-electron chi connectivity index (χ4n) is 5.48. The number of piperidine rings is 1. The second-order valence-corrected chi connectivity index (χ2v) is 12.7. The molecule has 1 aromatic carbocycles. The predicted octanol–water partition coefficient (Wildman–Crippen LogP) is 0.412. The summed E-state index contributed by atoms with van der Waals surface area (Å²) in [5.74, 6) is -2.65. The van der Waals surface area contributed by atoms with Crippen molar-refractivity contribution in [1.29, 1.82) is 0 Å². The molecule has 3 rings (SSSR count). The molecule has 0 aromatic heterocycles. The number of imide groups is 2. The first kappa shape index (κ1) is 50.4. The van der Waals surface area contributed by atoms with Gasteiger partial charge in [-0.2, -0.15) is 0 Å². The molecule has 2 aliphatic rings. The van der Waals surface area contributed by atoms with Crippen LogP contribution in [0.15, 0.2) is 30.9 Å². The van der Waals surface area contributed by atoms with E-state index in [0.717, 1.165) is 11.0 Å². The average Bonchev–Trinajstić information content (AvgIpc) is 3.50. The van der Waals surface area contributed by atoms with Gasteiger partial charge in [0.25, 0.3) is 11.8 Å². The molecular weight excluding hydrogens is 794 g/mol. The number of amides is 4. The molecule has 0 spiro atoms. The molecule has 0 saturated carbocycles. The molecule has 20 nitrogen and oxygen atoms in total. The van der Waals surface area contributed by atoms with E-state index in [9.17, 15) is 24.0 Å². The Morgan fingerprint density at radius 3 is 1.40 bits per heavy atom. The summed E-state index contributed by atoms with van der Waals surface area (Å²) in [5, 5.41) is 5.33. The highest BCUT2D eigenvalue weighted by atomic mass is 16.6. The summed E-state index contributed by atoms with van der Waals surface area (Å²) >= 11 is 0. The summed E-state index contributed by atoms with van der Waals surface area (Å²) in [6.45, 7) is 13.3. The minimum absolute atomic E-state index is 0.0614. The third-order valence-corrected chi connectivity index (χ3v) is 8.39. The molecule has 1 unspecified atom stereocenters. The van der Waals surface area contributed by atoms with E-state index in [4.69, 9.17) is 56.8 Å². The Morgan fingerprint density at radius 2 is 1.00 bits per heavy atom. The number of carbonyl (C=O) groups excluding carboxylic acids is 5. The SMILES string of the molecule is C=CC(=O)OCCOCCOCCOCCOCCOCCOCCOCCOCCOCCOCCOCCNc1cccc2c1C(=O)N(C1CCC(=O)NC1=O)C2=O. The number of rotatable bonds is 39. The molecule has 2 N–H and O–H groups in total. The Labute approximate surface area is 350 Å². The van der Waals surface area contributed by atoms with Crippen LogP contribution in [0.3, 0.4) is 0 Å². The molecule has 338 valence electrons. The van der Waals surface area contributed by atoms with Gasteiger partial charge in [0.1, 0.15) is 12.6 Å². The van der Waals surface area contributed by atoms with Gasteiger partial charge >= 0.3 is 5.97 Å². The highest BCUT2D eigenvalue weighted by molar-refractivity contribution is 6.25. The maximum absolute atomic E-state index is 13.2. The lowest BCUT2D eigenvalue weighted by Gasteiger charge is -2.27. The van der Waals surface area contributed by atoms with Crippen molar-refractivity contribution < 1.29 is 80.8 Å². The highest BCUT2D eigenvalue weighted by Gasteiger charge is 2.45. The van der Waals surface area contributed by atoms with Crippen LogP contribution < -0.4 is 10.6 Å². The van der Waals surface area contributed by atoms with Gasteiger partial charge in [0, 0.05) is 24.7 Å². The lowest BCUT2D eigenvalue weighted by Crippen LogP contribution is -2.54. The van der Waals surface area contributed by atoms with Crippen molar-refractivity contribution in [2.75, 3.05) is 164 Å². The quantitative estimate of drug-likeness (QED) is 0.0396. The van der Waals surface area contributed by atoms with Gasteiger partial charge in [-0.3, -0.25) is 29.4 Å². The first-order valence-corrected chi connectivity index (χ1v) is 20.2. The molecule has 0 bridgehead atoms. The van der Waals surface area contributed by atoms with Crippen LogP contribution in [-0.2, 0) is 71.2 Å². The van der Waals surface area contributed by atoms with Gasteiger partial charge in [-0.25, -0.2) is 4.79 Å². The van der Waals surface area contributed by atoms with Gasteiger partial charge in [0.2, 0.25) is 11.8 Å². The molecule has 60 heavy (non-hydrogen) atoms. The molecule has 0 radical (unpaired) electrons. The summed E-state index contributed by atoms with van der Waals surface area (Å²) in [6, 6.07) is 3.89. The Balaban J connectivity index is 0.978. The third kappa shape index (κ3) is 21.0. The zero-order chi connectivity index (χ0) is 42.9. The van der Waals surface area contributed by atoms with E-state index >= 15 is 0 Å². The predicted molar refractivity (Wildman–Crippen MR) is 212 cm³/mol. The number of nitrogens with zero attached hydrogens (tertiary/aromatic N) is 1. The van der Waals surface area contributed by atoms with Crippen LogP contribution in [-0.4, -0.2) is 199 Å². The van der Waals surface area contributed by atoms with Gasteiger partial charge < -0.3 is 62.2 Å². The van der Waals surface area contributed by atoms with Crippen LogP contribution in [0.5, 0.6) is 0 Å². The summed E-state index contributed by atoms with van der Waals surface area (Å²) < 4.78 is 64.9. The Bertz CT molecular complexity index is 1420. The number of benzene rings is 1. The maximum Gasteiger partial charge on any atom is 0.330 e. The van der Waals surface area contributed by atoms with Crippen LogP contribution in [0.1, 0.15) is 33.6 Å². The topological polar surface area (TPSA) is 223 Å². The molecule has 4 amide bonds. The van der Waals surface area contributed by atoms with E-state index in [2.05, 4.69) is 17.2 Å². The number of ether oxygens (including phenoxy) is 12. The maximum atomic E-state index is 13.2. The standard InChI is InChI=1S/C40H61N3O17/c1-2-36(45)60-31-30-59-29-28-58-27-26-57-25-24-56-23-22-55-21-20-54-19-18-53-17-16-52-15-14-51-13-12-50-11-10-49-9-8-41-33-5-3-4-32-37(33)40(48)43(39(32)47)34-6-7-35(44)42-38(34)46/h2-5,34,41H,1,6-31H2,(H,42,44,46). The minimum atomic E-state index is -1.02. The van der Waals surface area contributed by atoms with E-state index in [1.807, 2.05) is 0 Å². The number of esters is 1. The monoisotopic (exact) mass is 855 g/mol. The summed E-state index contributed by atoms with van der Waals surface area (Å²) in [7, 11) is 0. The second kappa shape index (κ2) is 32.8. The first-order chi connectivity index (χ1) is 29.4. The van der Waals surface area contributed by atoms with Crippen LogP contribution in [0, 0.1) is 0 Å². The van der Waals surface area contributed by atoms with Gasteiger partial charge in [0.15, 0.2) is 0 Å². The fraction of sp³-hybridized carbons (Fsp3) is 0.675. The van der Waals surface area contributed by atoms with E-state index in [1.54, 1.807) is 18.2 Å². The Hall–Kier alpha value is -3.93. The summed E-state index contributed by atoms with van der Waals surface area (Å²) in [6.07, 6.45) is 1.27. The Kier molecular flexibility index (Phi) is 27.6. The van der Waals surface area contributed by atoms with Gasteiger partial charge in [-0.15, -0.1) is 0 Å². The molecule has 1 fully saturated rings. The van der Waals surface area contributed by atoms with Crippen molar-refractivity contribution in [3.05, 3.63) is 42.0 Å². The molecule has 0 aliphatic carbocycles. The minimum Gasteiger partial charge on any atom is -0.460 e. The van der Waals surface area contributed by atoms with Crippen molar-refractivity contribution in [1.82, 2.24) is 10.2 Å². The number of anilines is 1. The molecule has 1 atom stereocenters. The first-order valence-electron chi connectivity index (χ1n) is 20.2. The normalized spacial score (nSPS) is 15.1. The van der Waals surface area contributed by atoms with Gasteiger partial charge in [0.05, 0.1) is 156 Å². The lowest BCUT2D eigenvalue weighted by atomic mass is 10.0. The van der Waals surface area contributed by atoms with Gasteiger partial charge in [-0.05, 0) is 18.6 Å². The number of hydrogen-bond donors (Lipinski definition) is 2. The molecule has 1 saturated heterocycles. The van der Waals surface area contributed by atoms with Crippen LogP contribution >= 0.6 is 0 Å². The van der Waals surface area contributed by atoms with Crippen LogP contribution in [0.4, 0.5) is 5.69 Å². The van der Waals surface area contributed by atoms with Crippen molar-refractivity contribution in [2.24, 2.45) is 0 Å². The van der Waals surface area contributed by atoms with E-state index in [-0.39, 0.29) is 30.6 Å².